The molecule has 1 unspecified atom stereocenters. The summed E-state index contributed by atoms with van der Waals surface area (Å²) in [5.41, 5.74) is 1.06. The number of piperidine rings is 1. The highest BCUT2D eigenvalue weighted by molar-refractivity contribution is 5.81. The molecule has 1 aliphatic rings. The highest BCUT2D eigenvalue weighted by Crippen LogP contribution is 2.23. The average Bonchev–Trinajstić information content (AvgIpc) is 2.40. The lowest BCUT2D eigenvalue weighted by Gasteiger charge is -2.36. The van der Waals surface area contributed by atoms with Crippen LogP contribution in [-0.2, 0) is 16.1 Å². The van der Waals surface area contributed by atoms with Crippen molar-refractivity contribution in [2.75, 3.05) is 19.7 Å². The third-order valence-electron chi connectivity index (χ3n) is 3.50. The van der Waals surface area contributed by atoms with Crippen LogP contribution in [0.5, 0.6) is 0 Å². The van der Waals surface area contributed by atoms with E-state index in [0.717, 1.165) is 12.0 Å². The minimum Gasteiger partial charge on any atom is -0.420 e. The lowest BCUT2D eigenvalue weighted by Crippen LogP contribution is -2.57. The molecular formula is C15H20NO3+. The molecule has 0 N–H and O–H groups in total. The summed E-state index contributed by atoms with van der Waals surface area (Å²) in [5.74, 6) is 0.148. The largest absolute Gasteiger partial charge is 0.516 e. The van der Waals surface area contributed by atoms with Crippen LogP contribution in [0.1, 0.15) is 25.3 Å². The SMILES string of the molecule is CCOC(=O)[N+]1(Cc2ccccc2)CCCC(=O)C1. The zero-order chi connectivity index (χ0) is 13.7. The summed E-state index contributed by atoms with van der Waals surface area (Å²) in [4.78, 5) is 24.0. The lowest BCUT2D eigenvalue weighted by molar-refractivity contribution is -0.866. The van der Waals surface area contributed by atoms with E-state index in [4.69, 9.17) is 4.74 Å². The first-order valence-electron chi connectivity index (χ1n) is 6.75. The predicted octanol–water partition coefficient (Wildman–Crippen LogP) is 2.52. The molecule has 1 aliphatic heterocycles. The summed E-state index contributed by atoms with van der Waals surface area (Å²) in [5, 5.41) is 0. The first kappa shape index (κ1) is 13.7. The summed E-state index contributed by atoms with van der Waals surface area (Å²) >= 11 is 0. The Labute approximate surface area is 113 Å². The molecule has 1 aromatic carbocycles. The summed E-state index contributed by atoms with van der Waals surface area (Å²) in [6, 6.07) is 9.81. The molecule has 4 heteroatoms. The number of nitrogens with zero attached hydrogens (tertiary/aromatic N) is 1. The monoisotopic (exact) mass is 262 g/mol. The number of carbonyl (C=O) groups is 2. The molecule has 0 spiro atoms. The van der Waals surface area contributed by atoms with E-state index in [0.29, 0.717) is 26.1 Å². The maximum absolute atomic E-state index is 12.3. The Kier molecular flexibility index (Phi) is 4.32. The quantitative estimate of drug-likeness (QED) is 0.786. The van der Waals surface area contributed by atoms with Gasteiger partial charge in [-0.05, 0) is 6.92 Å². The van der Waals surface area contributed by atoms with Gasteiger partial charge in [0.15, 0.2) is 5.78 Å². The van der Waals surface area contributed by atoms with Crippen molar-refractivity contribution in [3.05, 3.63) is 35.9 Å². The van der Waals surface area contributed by atoms with Gasteiger partial charge in [0.25, 0.3) is 0 Å². The second-order valence-corrected chi connectivity index (χ2v) is 5.01. The number of rotatable bonds is 3. The van der Waals surface area contributed by atoms with Crippen molar-refractivity contribution < 1.29 is 18.8 Å². The van der Waals surface area contributed by atoms with Crippen molar-refractivity contribution in [2.24, 2.45) is 0 Å². The van der Waals surface area contributed by atoms with Crippen LogP contribution >= 0.6 is 0 Å². The third-order valence-corrected chi connectivity index (χ3v) is 3.50. The van der Waals surface area contributed by atoms with E-state index in [-0.39, 0.29) is 22.9 Å². The molecule has 0 aliphatic carbocycles. The van der Waals surface area contributed by atoms with Crippen LogP contribution < -0.4 is 0 Å². The number of hydrogen-bond acceptors (Lipinski definition) is 3. The van der Waals surface area contributed by atoms with Gasteiger partial charge in [0, 0.05) is 18.4 Å². The van der Waals surface area contributed by atoms with Gasteiger partial charge in [-0.25, -0.2) is 4.48 Å². The molecule has 1 amide bonds. The van der Waals surface area contributed by atoms with Gasteiger partial charge in [-0.15, -0.1) is 0 Å². The minimum atomic E-state index is -0.278. The van der Waals surface area contributed by atoms with E-state index in [9.17, 15) is 9.59 Å². The molecular weight excluding hydrogens is 242 g/mol. The number of carbonyl (C=O) groups excluding carboxylic acids is 2. The van der Waals surface area contributed by atoms with Crippen molar-refractivity contribution in [1.29, 1.82) is 0 Å². The Morgan fingerprint density at radius 1 is 1.32 bits per heavy atom. The fourth-order valence-corrected chi connectivity index (χ4v) is 2.62. The molecule has 0 radical (unpaired) electrons. The maximum atomic E-state index is 12.3. The van der Waals surface area contributed by atoms with Crippen molar-refractivity contribution >= 4 is 11.9 Å². The molecule has 1 fully saturated rings. The van der Waals surface area contributed by atoms with Crippen molar-refractivity contribution in [3.8, 4) is 0 Å². The first-order chi connectivity index (χ1) is 9.16. The molecule has 102 valence electrons. The van der Waals surface area contributed by atoms with E-state index >= 15 is 0 Å². The Morgan fingerprint density at radius 2 is 2.05 bits per heavy atom. The predicted molar refractivity (Wildman–Crippen MR) is 71.4 cm³/mol. The number of ketones is 1. The highest BCUT2D eigenvalue weighted by atomic mass is 16.6. The van der Waals surface area contributed by atoms with Crippen LogP contribution in [0.15, 0.2) is 30.3 Å². The Balaban J connectivity index is 2.23. The zero-order valence-electron chi connectivity index (χ0n) is 11.3. The van der Waals surface area contributed by atoms with Gasteiger partial charge in [-0.3, -0.25) is 4.79 Å². The van der Waals surface area contributed by atoms with E-state index in [2.05, 4.69) is 0 Å². The summed E-state index contributed by atoms with van der Waals surface area (Å²) < 4.78 is 5.29. The Morgan fingerprint density at radius 3 is 2.68 bits per heavy atom. The highest BCUT2D eigenvalue weighted by Gasteiger charge is 2.43. The third kappa shape index (κ3) is 3.20. The molecule has 4 nitrogen and oxygen atoms in total. The van der Waals surface area contributed by atoms with Gasteiger partial charge in [-0.1, -0.05) is 30.3 Å². The van der Waals surface area contributed by atoms with E-state index < -0.39 is 0 Å². The second kappa shape index (κ2) is 5.97. The number of quaternary nitrogens is 1. The molecule has 0 bridgehead atoms. The second-order valence-electron chi connectivity index (χ2n) is 5.01. The number of benzene rings is 1. The van der Waals surface area contributed by atoms with Crippen LogP contribution in [0, 0.1) is 0 Å². The molecule has 1 heterocycles. The molecule has 0 saturated carbocycles. The summed E-state index contributed by atoms with van der Waals surface area (Å²) in [7, 11) is 0. The van der Waals surface area contributed by atoms with E-state index in [1.54, 1.807) is 6.92 Å². The van der Waals surface area contributed by atoms with Crippen molar-refractivity contribution in [2.45, 2.75) is 26.3 Å². The van der Waals surface area contributed by atoms with Crippen LogP contribution in [0.25, 0.3) is 0 Å². The fraction of sp³-hybridized carbons (Fsp3) is 0.467. The molecule has 19 heavy (non-hydrogen) atoms. The number of likely N-dealkylation sites (tertiary alicyclic amines) is 1. The van der Waals surface area contributed by atoms with Gasteiger partial charge in [0.2, 0.25) is 0 Å². The number of Topliss-reactive ketones (excluding diaryl/α,β-unsaturated/α-hetero) is 1. The smallest absolute Gasteiger partial charge is 0.420 e. The minimum absolute atomic E-state index is 0.108. The molecule has 1 atom stereocenters. The summed E-state index contributed by atoms with van der Waals surface area (Å²) in [6.45, 7) is 3.61. The Bertz CT molecular complexity index is 458. The van der Waals surface area contributed by atoms with Gasteiger partial charge >= 0.3 is 6.09 Å². The van der Waals surface area contributed by atoms with Gasteiger partial charge < -0.3 is 4.74 Å². The van der Waals surface area contributed by atoms with Gasteiger partial charge in [-0.2, -0.15) is 4.79 Å². The number of hydrogen-bond donors (Lipinski definition) is 0. The van der Waals surface area contributed by atoms with Gasteiger partial charge in [0.05, 0.1) is 13.2 Å². The maximum Gasteiger partial charge on any atom is 0.516 e. The van der Waals surface area contributed by atoms with Gasteiger partial charge in [0.1, 0.15) is 13.1 Å². The lowest BCUT2D eigenvalue weighted by atomic mass is 10.1. The first-order valence-corrected chi connectivity index (χ1v) is 6.75. The van der Waals surface area contributed by atoms with Crippen molar-refractivity contribution in [1.82, 2.24) is 0 Å². The topological polar surface area (TPSA) is 43.4 Å². The van der Waals surface area contributed by atoms with E-state index in [1.807, 2.05) is 30.3 Å². The zero-order valence-corrected chi connectivity index (χ0v) is 11.3. The Hall–Kier alpha value is -1.68. The standard InChI is InChI=1S/C15H20NO3/c1-2-19-15(18)16(10-6-9-14(17)12-16)11-13-7-4-3-5-8-13/h3-5,7-8H,2,6,9-12H2,1H3/q+1. The molecule has 0 aromatic heterocycles. The van der Waals surface area contributed by atoms with Crippen molar-refractivity contribution in [3.63, 3.8) is 0 Å². The number of ether oxygens (including phenoxy) is 1. The van der Waals surface area contributed by atoms with Crippen LogP contribution in [0.3, 0.4) is 0 Å². The number of amides is 1. The van der Waals surface area contributed by atoms with E-state index in [1.165, 1.54) is 0 Å². The molecule has 2 rings (SSSR count). The average molecular weight is 262 g/mol. The normalized spacial score (nSPS) is 23.1. The summed E-state index contributed by atoms with van der Waals surface area (Å²) in [6.07, 6.45) is 1.05. The fourth-order valence-electron chi connectivity index (χ4n) is 2.62. The van der Waals surface area contributed by atoms with Crippen LogP contribution in [-0.4, -0.2) is 36.1 Å². The van der Waals surface area contributed by atoms with Crippen LogP contribution in [0.4, 0.5) is 4.79 Å². The molecule has 1 saturated heterocycles. The van der Waals surface area contributed by atoms with Crippen LogP contribution in [0.2, 0.25) is 0 Å². The molecule has 1 aromatic rings.